The molecular weight excluding hydrogens is 184 g/mol. The monoisotopic (exact) mass is 206 g/mol. The number of hydrogen-bond acceptors (Lipinski definition) is 2. The van der Waals surface area contributed by atoms with Crippen LogP contribution in [0.25, 0.3) is 0 Å². The van der Waals surface area contributed by atoms with E-state index in [1.165, 1.54) is 18.5 Å². The molecule has 15 heavy (non-hydrogen) atoms. The summed E-state index contributed by atoms with van der Waals surface area (Å²) < 4.78 is 0. The van der Waals surface area contributed by atoms with Gasteiger partial charge in [0.1, 0.15) is 0 Å². The number of anilines is 2. The second kappa shape index (κ2) is 5.64. The quantitative estimate of drug-likeness (QED) is 0.750. The van der Waals surface area contributed by atoms with E-state index >= 15 is 0 Å². The van der Waals surface area contributed by atoms with Gasteiger partial charge < -0.3 is 10.6 Å². The Labute approximate surface area is 93.1 Å². The van der Waals surface area contributed by atoms with Gasteiger partial charge in [0, 0.05) is 25.0 Å². The van der Waals surface area contributed by atoms with Gasteiger partial charge in [-0.25, -0.2) is 0 Å². The predicted molar refractivity (Wildman–Crippen MR) is 68.2 cm³/mol. The minimum absolute atomic E-state index is 0.774. The van der Waals surface area contributed by atoms with Crippen molar-refractivity contribution in [3.05, 3.63) is 24.3 Å². The summed E-state index contributed by atoms with van der Waals surface area (Å²) in [6.45, 7) is 5.61. The summed E-state index contributed by atoms with van der Waals surface area (Å²) in [6, 6.07) is 8.07. The molecule has 0 heterocycles. The van der Waals surface area contributed by atoms with Gasteiger partial charge in [-0.15, -0.1) is 0 Å². The van der Waals surface area contributed by atoms with Crippen molar-refractivity contribution in [3.63, 3.8) is 0 Å². The summed E-state index contributed by atoms with van der Waals surface area (Å²) in [6.07, 6.45) is 2.48. The molecule has 0 unspecified atom stereocenters. The lowest BCUT2D eigenvalue weighted by molar-refractivity contribution is 0.494. The highest BCUT2D eigenvalue weighted by Gasteiger charge is 2.08. The van der Waals surface area contributed by atoms with Crippen LogP contribution in [0, 0.1) is 5.92 Å². The van der Waals surface area contributed by atoms with E-state index in [4.69, 9.17) is 5.73 Å². The van der Waals surface area contributed by atoms with Crippen molar-refractivity contribution in [2.45, 2.75) is 26.7 Å². The maximum atomic E-state index is 5.77. The van der Waals surface area contributed by atoms with Gasteiger partial charge >= 0.3 is 0 Å². The second-order valence-corrected chi connectivity index (χ2v) is 4.16. The molecule has 0 aliphatic heterocycles. The first-order chi connectivity index (χ1) is 7.17. The standard InChI is InChI=1S/C13H22N2/c1-4-11(5-2)10-15(3)13-8-6-7-12(14)9-13/h6-9,11H,4-5,10,14H2,1-3H3. The summed E-state index contributed by atoms with van der Waals surface area (Å²) in [5, 5.41) is 0. The molecule has 0 aliphatic carbocycles. The number of hydrogen-bond donors (Lipinski definition) is 1. The molecule has 0 radical (unpaired) electrons. The summed E-state index contributed by atoms with van der Waals surface area (Å²) in [5.74, 6) is 0.774. The smallest absolute Gasteiger partial charge is 0.0384 e. The zero-order valence-corrected chi connectivity index (χ0v) is 10.0. The molecule has 2 N–H and O–H groups in total. The van der Waals surface area contributed by atoms with Crippen molar-refractivity contribution >= 4 is 11.4 Å². The van der Waals surface area contributed by atoms with Crippen molar-refractivity contribution in [1.82, 2.24) is 0 Å². The number of benzene rings is 1. The molecule has 1 rings (SSSR count). The minimum Gasteiger partial charge on any atom is -0.399 e. The molecular formula is C13H22N2. The molecule has 1 aromatic rings. The van der Waals surface area contributed by atoms with Crippen LogP contribution in [0.1, 0.15) is 26.7 Å². The molecule has 2 heteroatoms. The number of nitrogens with two attached hydrogens (primary N) is 1. The summed E-state index contributed by atoms with van der Waals surface area (Å²) in [4.78, 5) is 2.29. The highest BCUT2D eigenvalue weighted by atomic mass is 15.1. The van der Waals surface area contributed by atoms with Crippen LogP contribution in [0.3, 0.4) is 0 Å². The van der Waals surface area contributed by atoms with E-state index in [-0.39, 0.29) is 0 Å². The van der Waals surface area contributed by atoms with Crippen LogP contribution in [-0.2, 0) is 0 Å². The topological polar surface area (TPSA) is 29.3 Å². The largest absolute Gasteiger partial charge is 0.399 e. The van der Waals surface area contributed by atoms with Gasteiger partial charge in [0.15, 0.2) is 0 Å². The van der Waals surface area contributed by atoms with Gasteiger partial charge in [-0.05, 0) is 24.1 Å². The van der Waals surface area contributed by atoms with Gasteiger partial charge in [-0.1, -0.05) is 32.8 Å². The molecule has 0 bridgehead atoms. The average molecular weight is 206 g/mol. The molecule has 0 fully saturated rings. The average Bonchev–Trinajstić information content (AvgIpc) is 2.25. The molecule has 0 saturated carbocycles. The Morgan fingerprint density at radius 2 is 1.93 bits per heavy atom. The Balaban J connectivity index is 2.64. The number of rotatable bonds is 5. The lowest BCUT2D eigenvalue weighted by atomic mass is 10.0. The van der Waals surface area contributed by atoms with Crippen molar-refractivity contribution in [3.8, 4) is 0 Å². The first kappa shape index (κ1) is 11.9. The van der Waals surface area contributed by atoms with Crippen LogP contribution in [0.4, 0.5) is 11.4 Å². The van der Waals surface area contributed by atoms with Crippen molar-refractivity contribution in [2.75, 3.05) is 24.2 Å². The molecule has 0 amide bonds. The van der Waals surface area contributed by atoms with Crippen LogP contribution in [-0.4, -0.2) is 13.6 Å². The van der Waals surface area contributed by atoms with Crippen LogP contribution >= 0.6 is 0 Å². The summed E-state index contributed by atoms with van der Waals surface area (Å²) in [5.41, 5.74) is 7.81. The molecule has 0 aliphatic rings. The van der Waals surface area contributed by atoms with Gasteiger partial charge in [0.25, 0.3) is 0 Å². The fraction of sp³-hybridized carbons (Fsp3) is 0.538. The fourth-order valence-corrected chi connectivity index (χ4v) is 1.80. The maximum Gasteiger partial charge on any atom is 0.0384 e. The fourth-order valence-electron chi connectivity index (χ4n) is 1.80. The predicted octanol–water partition coefficient (Wildman–Crippen LogP) is 3.14. The number of nitrogens with zero attached hydrogens (tertiary/aromatic N) is 1. The van der Waals surface area contributed by atoms with Crippen molar-refractivity contribution in [1.29, 1.82) is 0 Å². The lowest BCUT2D eigenvalue weighted by Gasteiger charge is -2.24. The Kier molecular flexibility index (Phi) is 4.47. The number of nitrogen functional groups attached to an aromatic ring is 1. The van der Waals surface area contributed by atoms with Gasteiger partial charge in [-0.2, -0.15) is 0 Å². The van der Waals surface area contributed by atoms with Crippen LogP contribution in [0.5, 0.6) is 0 Å². The molecule has 0 spiro atoms. The van der Waals surface area contributed by atoms with Crippen LogP contribution in [0.2, 0.25) is 0 Å². The first-order valence-corrected chi connectivity index (χ1v) is 5.74. The Hall–Kier alpha value is -1.18. The van der Waals surface area contributed by atoms with Crippen molar-refractivity contribution in [2.24, 2.45) is 5.92 Å². The second-order valence-electron chi connectivity index (χ2n) is 4.16. The van der Waals surface area contributed by atoms with Gasteiger partial charge in [0.2, 0.25) is 0 Å². The van der Waals surface area contributed by atoms with E-state index < -0.39 is 0 Å². The highest BCUT2D eigenvalue weighted by molar-refractivity contribution is 5.55. The first-order valence-electron chi connectivity index (χ1n) is 5.74. The lowest BCUT2D eigenvalue weighted by Crippen LogP contribution is -2.24. The third kappa shape index (κ3) is 3.46. The Bertz CT molecular complexity index is 292. The molecule has 1 aromatic carbocycles. The van der Waals surface area contributed by atoms with E-state index in [0.717, 1.165) is 18.2 Å². The molecule has 2 nitrogen and oxygen atoms in total. The van der Waals surface area contributed by atoms with Gasteiger partial charge in [0.05, 0.1) is 0 Å². The normalized spacial score (nSPS) is 10.7. The van der Waals surface area contributed by atoms with Crippen molar-refractivity contribution < 1.29 is 0 Å². The summed E-state index contributed by atoms with van der Waals surface area (Å²) in [7, 11) is 2.13. The minimum atomic E-state index is 0.774. The molecule has 0 aromatic heterocycles. The Morgan fingerprint density at radius 3 is 2.47 bits per heavy atom. The Morgan fingerprint density at radius 1 is 1.27 bits per heavy atom. The van der Waals surface area contributed by atoms with Crippen LogP contribution < -0.4 is 10.6 Å². The van der Waals surface area contributed by atoms with E-state index in [1.807, 2.05) is 18.2 Å². The van der Waals surface area contributed by atoms with E-state index in [1.54, 1.807) is 0 Å². The van der Waals surface area contributed by atoms with E-state index in [0.29, 0.717) is 0 Å². The molecule has 0 atom stereocenters. The maximum absolute atomic E-state index is 5.77. The van der Waals surface area contributed by atoms with E-state index in [2.05, 4.69) is 31.9 Å². The van der Waals surface area contributed by atoms with Gasteiger partial charge in [-0.3, -0.25) is 0 Å². The molecule has 84 valence electrons. The summed E-state index contributed by atoms with van der Waals surface area (Å²) >= 11 is 0. The zero-order chi connectivity index (χ0) is 11.3. The van der Waals surface area contributed by atoms with Crippen LogP contribution in [0.15, 0.2) is 24.3 Å². The van der Waals surface area contributed by atoms with E-state index in [9.17, 15) is 0 Å². The molecule has 0 saturated heterocycles. The SMILES string of the molecule is CCC(CC)CN(C)c1cccc(N)c1. The third-order valence-corrected chi connectivity index (χ3v) is 3.00. The zero-order valence-electron chi connectivity index (χ0n) is 10.0. The highest BCUT2D eigenvalue weighted by Crippen LogP contribution is 2.19. The third-order valence-electron chi connectivity index (χ3n) is 3.00.